The summed E-state index contributed by atoms with van der Waals surface area (Å²) in [5.74, 6) is 0.222. The Morgan fingerprint density at radius 1 is 1.05 bits per heavy atom. The van der Waals surface area contributed by atoms with Crippen molar-refractivity contribution in [2.24, 2.45) is 0 Å². The van der Waals surface area contributed by atoms with Crippen molar-refractivity contribution in [2.45, 2.75) is 24.3 Å². The molecule has 2 aromatic rings. The van der Waals surface area contributed by atoms with Crippen molar-refractivity contribution in [2.75, 3.05) is 5.88 Å². The van der Waals surface area contributed by atoms with Crippen molar-refractivity contribution in [3.63, 3.8) is 0 Å². The van der Waals surface area contributed by atoms with Crippen LogP contribution in [0.5, 0.6) is 0 Å². The summed E-state index contributed by atoms with van der Waals surface area (Å²) in [6.07, 6.45) is 0.565. The first kappa shape index (κ1) is 16.0. The Bertz CT molecular complexity index is 686. The molecule has 0 amide bonds. The van der Waals surface area contributed by atoms with Crippen LogP contribution in [0, 0.1) is 6.92 Å². The van der Waals surface area contributed by atoms with Crippen LogP contribution in [-0.2, 0) is 16.4 Å². The number of sulfonamides is 1. The summed E-state index contributed by atoms with van der Waals surface area (Å²) < 4.78 is 27.6. The molecule has 0 unspecified atom stereocenters. The van der Waals surface area contributed by atoms with Gasteiger partial charge in [0.1, 0.15) is 0 Å². The van der Waals surface area contributed by atoms with Crippen molar-refractivity contribution < 1.29 is 8.42 Å². The minimum Gasteiger partial charge on any atom is -0.207 e. The van der Waals surface area contributed by atoms with Gasteiger partial charge in [-0.1, -0.05) is 48.5 Å². The number of aryl methyl sites for hydroxylation is 1. The largest absolute Gasteiger partial charge is 0.241 e. The highest BCUT2D eigenvalue weighted by molar-refractivity contribution is 7.89. The summed E-state index contributed by atoms with van der Waals surface area (Å²) in [5, 5.41) is 0. The summed E-state index contributed by atoms with van der Waals surface area (Å²) in [7, 11) is -3.56. The maximum Gasteiger partial charge on any atom is 0.241 e. The summed E-state index contributed by atoms with van der Waals surface area (Å²) in [6.45, 7) is 1.78. The fraction of sp³-hybridized carbons (Fsp3) is 0.250. The van der Waals surface area contributed by atoms with Gasteiger partial charge in [-0.25, -0.2) is 13.1 Å². The van der Waals surface area contributed by atoms with E-state index in [9.17, 15) is 8.42 Å². The van der Waals surface area contributed by atoms with Crippen LogP contribution in [0.1, 0.15) is 11.1 Å². The number of alkyl halides is 1. The van der Waals surface area contributed by atoms with E-state index in [2.05, 4.69) is 4.72 Å². The molecule has 1 atom stereocenters. The van der Waals surface area contributed by atoms with Gasteiger partial charge in [-0.2, -0.15) is 0 Å². The smallest absolute Gasteiger partial charge is 0.207 e. The molecule has 0 spiro atoms. The molecule has 0 aliphatic rings. The highest BCUT2D eigenvalue weighted by Gasteiger charge is 2.21. The van der Waals surface area contributed by atoms with Gasteiger partial charge in [0.2, 0.25) is 10.0 Å². The van der Waals surface area contributed by atoms with Crippen molar-refractivity contribution in [1.29, 1.82) is 0 Å². The van der Waals surface area contributed by atoms with E-state index in [1.807, 2.05) is 36.4 Å². The zero-order chi connectivity index (χ0) is 15.3. The molecule has 0 radical (unpaired) electrons. The molecule has 21 heavy (non-hydrogen) atoms. The second-order valence-electron chi connectivity index (χ2n) is 4.93. The molecule has 0 fully saturated rings. The number of hydrogen-bond acceptors (Lipinski definition) is 2. The Morgan fingerprint density at radius 3 is 2.29 bits per heavy atom. The van der Waals surface area contributed by atoms with E-state index in [1.54, 1.807) is 25.1 Å². The first-order chi connectivity index (χ1) is 10.0. The Balaban J connectivity index is 2.16. The van der Waals surface area contributed by atoms with Crippen molar-refractivity contribution in [1.82, 2.24) is 4.72 Å². The molecule has 2 aromatic carbocycles. The van der Waals surface area contributed by atoms with Gasteiger partial charge >= 0.3 is 0 Å². The highest BCUT2D eigenvalue weighted by atomic mass is 35.5. The maximum absolute atomic E-state index is 12.4. The Kier molecular flexibility index (Phi) is 5.39. The first-order valence-electron chi connectivity index (χ1n) is 6.71. The second-order valence-corrected chi connectivity index (χ2v) is 6.92. The third-order valence-electron chi connectivity index (χ3n) is 3.22. The van der Waals surface area contributed by atoms with Crippen LogP contribution in [0.2, 0.25) is 0 Å². The average molecular weight is 324 g/mol. The number of rotatable bonds is 6. The monoisotopic (exact) mass is 323 g/mol. The molecule has 2 rings (SSSR count). The van der Waals surface area contributed by atoms with Crippen LogP contribution in [0.25, 0.3) is 0 Å². The predicted octanol–water partition coefficient (Wildman–Crippen LogP) is 3.12. The molecule has 5 heteroatoms. The summed E-state index contributed by atoms with van der Waals surface area (Å²) >= 11 is 5.92. The topological polar surface area (TPSA) is 46.2 Å². The number of nitrogens with one attached hydrogen (secondary N) is 1. The van der Waals surface area contributed by atoms with E-state index in [0.29, 0.717) is 11.3 Å². The van der Waals surface area contributed by atoms with Gasteiger partial charge in [0.25, 0.3) is 0 Å². The van der Waals surface area contributed by atoms with E-state index < -0.39 is 10.0 Å². The fourth-order valence-electron chi connectivity index (χ4n) is 2.17. The van der Waals surface area contributed by atoms with Crippen LogP contribution in [0.4, 0.5) is 0 Å². The van der Waals surface area contributed by atoms with E-state index in [0.717, 1.165) is 11.1 Å². The Labute approximate surface area is 131 Å². The molecule has 0 aromatic heterocycles. The summed E-state index contributed by atoms with van der Waals surface area (Å²) in [6, 6.07) is 16.3. The predicted molar refractivity (Wildman–Crippen MR) is 86.2 cm³/mol. The standard InChI is InChI=1S/C16H18ClNO2S/c1-13-7-5-6-10-16(13)21(19,20)18-15(12-17)11-14-8-3-2-4-9-14/h2-10,15,18H,11-12H2,1H3/t15-/m0/s1. The zero-order valence-electron chi connectivity index (χ0n) is 11.8. The van der Waals surface area contributed by atoms with Crippen molar-refractivity contribution in [3.8, 4) is 0 Å². The third-order valence-corrected chi connectivity index (χ3v) is 5.27. The van der Waals surface area contributed by atoms with Gasteiger partial charge in [0.15, 0.2) is 0 Å². The molecule has 0 saturated heterocycles. The summed E-state index contributed by atoms with van der Waals surface area (Å²) in [5.41, 5.74) is 1.77. The van der Waals surface area contributed by atoms with Crippen LogP contribution in [-0.4, -0.2) is 20.3 Å². The minimum atomic E-state index is -3.56. The van der Waals surface area contributed by atoms with E-state index >= 15 is 0 Å². The molecule has 0 aliphatic carbocycles. The molecule has 0 heterocycles. The lowest BCUT2D eigenvalue weighted by atomic mass is 10.1. The second kappa shape index (κ2) is 7.07. The highest BCUT2D eigenvalue weighted by Crippen LogP contribution is 2.15. The molecule has 0 bridgehead atoms. The number of hydrogen-bond donors (Lipinski definition) is 1. The van der Waals surface area contributed by atoms with E-state index in [-0.39, 0.29) is 11.9 Å². The van der Waals surface area contributed by atoms with Crippen LogP contribution >= 0.6 is 11.6 Å². The molecule has 0 aliphatic heterocycles. The minimum absolute atomic E-state index is 0.222. The van der Waals surface area contributed by atoms with Gasteiger partial charge < -0.3 is 0 Å². The SMILES string of the molecule is Cc1ccccc1S(=O)(=O)N[C@H](CCl)Cc1ccccc1. The lowest BCUT2D eigenvalue weighted by Crippen LogP contribution is -2.38. The van der Waals surface area contributed by atoms with Crippen LogP contribution in [0.3, 0.4) is 0 Å². The molecule has 112 valence electrons. The van der Waals surface area contributed by atoms with Gasteiger partial charge in [0, 0.05) is 11.9 Å². The fourth-order valence-corrected chi connectivity index (χ4v) is 3.93. The Morgan fingerprint density at radius 2 is 1.67 bits per heavy atom. The quantitative estimate of drug-likeness (QED) is 0.830. The molecule has 3 nitrogen and oxygen atoms in total. The van der Waals surface area contributed by atoms with Crippen LogP contribution in [0.15, 0.2) is 59.5 Å². The zero-order valence-corrected chi connectivity index (χ0v) is 13.4. The van der Waals surface area contributed by atoms with E-state index in [1.165, 1.54) is 0 Å². The molecular formula is C16H18ClNO2S. The van der Waals surface area contributed by atoms with Gasteiger partial charge in [-0.05, 0) is 30.5 Å². The van der Waals surface area contributed by atoms with Gasteiger partial charge in [-0.3, -0.25) is 0 Å². The first-order valence-corrected chi connectivity index (χ1v) is 8.72. The molecule has 0 saturated carbocycles. The maximum atomic E-state index is 12.4. The van der Waals surface area contributed by atoms with Gasteiger partial charge in [-0.15, -0.1) is 11.6 Å². The third kappa shape index (κ3) is 4.30. The van der Waals surface area contributed by atoms with E-state index in [4.69, 9.17) is 11.6 Å². The number of benzene rings is 2. The van der Waals surface area contributed by atoms with Crippen LogP contribution < -0.4 is 4.72 Å². The lowest BCUT2D eigenvalue weighted by Gasteiger charge is -2.17. The Hall–Kier alpha value is -1.36. The average Bonchev–Trinajstić information content (AvgIpc) is 2.47. The normalized spacial score (nSPS) is 13.0. The van der Waals surface area contributed by atoms with Crippen molar-refractivity contribution >= 4 is 21.6 Å². The lowest BCUT2D eigenvalue weighted by molar-refractivity contribution is 0.560. The molecule has 1 N–H and O–H groups in total. The number of halogens is 1. The van der Waals surface area contributed by atoms with Crippen molar-refractivity contribution in [3.05, 3.63) is 65.7 Å². The molecular weight excluding hydrogens is 306 g/mol. The summed E-state index contributed by atoms with van der Waals surface area (Å²) in [4.78, 5) is 0.299. The van der Waals surface area contributed by atoms with Gasteiger partial charge in [0.05, 0.1) is 4.90 Å².